The van der Waals surface area contributed by atoms with Crippen molar-refractivity contribution in [2.24, 2.45) is 5.92 Å². The van der Waals surface area contributed by atoms with E-state index >= 15 is 0 Å². The summed E-state index contributed by atoms with van der Waals surface area (Å²) in [4.78, 5) is 12.6. The van der Waals surface area contributed by atoms with Gasteiger partial charge in [0.05, 0.1) is 18.7 Å². The van der Waals surface area contributed by atoms with Crippen LogP contribution in [0.1, 0.15) is 41.9 Å². The number of carbonyl (C=O) groups is 1. The Morgan fingerprint density at radius 2 is 1.89 bits per heavy atom. The van der Waals surface area contributed by atoms with Gasteiger partial charge in [-0.15, -0.1) is 0 Å². The Labute approximate surface area is 166 Å². The maximum absolute atomic E-state index is 12.6. The number of carbonyl (C=O) groups excluding carboxylic acids is 1. The molecule has 0 unspecified atom stereocenters. The molecule has 2 aromatic heterocycles. The molecule has 0 aliphatic carbocycles. The first kappa shape index (κ1) is 19.9. The molecule has 6 nitrogen and oxygen atoms in total. The van der Waals surface area contributed by atoms with Crippen LogP contribution in [0.25, 0.3) is 0 Å². The van der Waals surface area contributed by atoms with E-state index in [0.717, 1.165) is 34.6 Å². The molecule has 0 saturated heterocycles. The van der Waals surface area contributed by atoms with Crippen LogP contribution in [0.3, 0.4) is 0 Å². The molecule has 0 saturated carbocycles. The van der Waals surface area contributed by atoms with Crippen LogP contribution in [0.4, 0.5) is 0 Å². The molecule has 3 aromatic rings. The van der Waals surface area contributed by atoms with Gasteiger partial charge in [0.15, 0.2) is 0 Å². The fourth-order valence-electron chi connectivity index (χ4n) is 3.38. The van der Waals surface area contributed by atoms with Crippen molar-refractivity contribution in [1.29, 1.82) is 0 Å². The summed E-state index contributed by atoms with van der Waals surface area (Å²) < 4.78 is 3.90. The first-order valence-corrected chi connectivity index (χ1v) is 9.77. The minimum absolute atomic E-state index is 0.0178. The number of rotatable bonds is 8. The zero-order chi connectivity index (χ0) is 20.1. The molecule has 0 aliphatic heterocycles. The lowest BCUT2D eigenvalue weighted by atomic mass is 10.1. The Kier molecular flexibility index (Phi) is 6.29. The molecule has 2 heterocycles. The molecule has 148 valence electrons. The van der Waals surface area contributed by atoms with Crippen molar-refractivity contribution in [3.63, 3.8) is 0 Å². The number of hydrogen-bond donors (Lipinski definition) is 1. The van der Waals surface area contributed by atoms with E-state index in [1.165, 1.54) is 0 Å². The average molecular weight is 380 g/mol. The van der Waals surface area contributed by atoms with Crippen molar-refractivity contribution < 1.29 is 4.79 Å². The Balaban J connectivity index is 1.63. The summed E-state index contributed by atoms with van der Waals surface area (Å²) in [5, 5.41) is 11.9. The van der Waals surface area contributed by atoms with E-state index in [2.05, 4.69) is 41.5 Å². The van der Waals surface area contributed by atoms with E-state index in [0.29, 0.717) is 25.4 Å². The van der Waals surface area contributed by atoms with Gasteiger partial charge < -0.3 is 5.32 Å². The molecule has 0 spiro atoms. The Morgan fingerprint density at radius 1 is 1.14 bits per heavy atom. The van der Waals surface area contributed by atoms with E-state index in [9.17, 15) is 4.79 Å². The highest BCUT2D eigenvalue weighted by molar-refractivity contribution is 5.79. The molecule has 6 heteroatoms. The van der Waals surface area contributed by atoms with Gasteiger partial charge in [0, 0.05) is 36.7 Å². The van der Waals surface area contributed by atoms with Crippen molar-refractivity contribution in [3.05, 3.63) is 70.8 Å². The molecular formula is C22H29N5O. The predicted molar refractivity (Wildman–Crippen MR) is 110 cm³/mol. The standard InChI is InChI=1S/C22H29N5O/c1-16(2)14-27-18(4)21(17(3)25-27)12-22(28)23-13-19-8-5-6-9-20(19)15-26-11-7-10-24-26/h5-11,16H,12-15H2,1-4H3,(H,23,28). The molecule has 1 N–H and O–H groups in total. The third kappa shape index (κ3) is 4.88. The first-order valence-electron chi connectivity index (χ1n) is 9.77. The van der Waals surface area contributed by atoms with Crippen LogP contribution in [0, 0.1) is 19.8 Å². The Hall–Kier alpha value is -2.89. The second-order valence-electron chi connectivity index (χ2n) is 7.65. The van der Waals surface area contributed by atoms with Crippen molar-refractivity contribution in [3.8, 4) is 0 Å². The lowest BCUT2D eigenvalue weighted by Crippen LogP contribution is -2.25. The number of amides is 1. The van der Waals surface area contributed by atoms with E-state index in [4.69, 9.17) is 0 Å². The Bertz CT molecular complexity index is 925. The second kappa shape index (κ2) is 8.87. The summed E-state index contributed by atoms with van der Waals surface area (Å²) >= 11 is 0. The smallest absolute Gasteiger partial charge is 0.224 e. The van der Waals surface area contributed by atoms with E-state index in [1.807, 2.05) is 47.6 Å². The fourth-order valence-corrected chi connectivity index (χ4v) is 3.38. The number of aryl methyl sites for hydroxylation is 1. The summed E-state index contributed by atoms with van der Waals surface area (Å²) in [6.45, 7) is 10.4. The molecular weight excluding hydrogens is 350 g/mol. The molecule has 0 radical (unpaired) electrons. The third-order valence-electron chi connectivity index (χ3n) is 4.89. The summed E-state index contributed by atoms with van der Waals surface area (Å²) in [6, 6.07) is 10.1. The summed E-state index contributed by atoms with van der Waals surface area (Å²) in [5.74, 6) is 0.537. The Morgan fingerprint density at radius 3 is 2.57 bits per heavy atom. The van der Waals surface area contributed by atoms with Gasteiger partial charge >= 0.3 is 0 Å². The lowest BCUT2D eigenvalue weighted by Gasteiger charge is -2.11. The van der Waals surface area contributed by atoms with Crippen LogP contribution in [-0.2, 0) is 30.8 Å². The molecule has 0 fully saturated rings. The summed E-state index contributed by atoms with van der Waals surface area (Å²) in [7, 11) is 0. The zero-order valence-electron chi connectivity index (χ0n) is 17.1. The lowest BCUT2D eigenvalue weighted by molar-refractivity contribution is -0.120. The van der Waals surface area contributed by atoms with Gasteiger partial charge in [0.2, 0.25) is 5.91 Å². The number of benzene rings is 1. The predicted octanol–water partition coefficient (Wildman–Crippen LogP) is 3.26. The van der Waals surface area contributed by atoms with Crippen molar-refractivity contribution in [1.82, 2.24) is 24.9 Å². The maximum Gasteiger partial charge on any atom is 0.224 e. The van der Waals surface area contributed by atoms with Crippen LogP contribution in [-0.4, -0.2) is 25.5 Å². The molecule has 28 heavy (non-hydrogen) atoms. The van der Waals surface area contributed by atoms with Crippen LogP contribution >= 0.6 is 0 Å². The molecule has 1 amide bonds. The van der Waals surface area contributed by atoms with Crippen molar-refractivity contribution >= 4 is 5.91 Å². The third-order valence-corrected chi connectivity index (χ3v) is 4.89. The van der Waals surface area contributed by atoms with E-state index in [1.54, 1.807) is 6.20 Å². The fraction of sp³-hybridized carbons (Fsp3) is 0.409. The normalized spacial score (nSPS) is 11.2. The van der Waals surface area contributed by atoms with Gasteiger partial charge in [-0.25, -0.2) is 0 Å². The van der Waals surface area contributed by atoms with Crippen molar-refractivity contribution in [2.45, 2.75) is 53.8 Å². The molecule has 0 atom stereocenters. The van der Waals surface area contributed by atoms with Gasteiger partial charge in [-0.05, 0) is 37.0 Å². The van der Waals surface area contributed by atoms with Crippen LogP contribution in [0.15, 0.2) is 42.7 Å². The minimum Gasteiger partial charge on any atom is -0.352 e. The number of hydrogen-bond acceptors (Lipinski definition) is 3. The summed E-state index contributed by atoms with van der Waals surface area (Å²) in [5.41, 5.74) is 5.31. The van der Waals surface area contributed by atoms with Gasteiger partial charge in [0.1, 0.15) is 0 Å². The highest BCUT2D eigenvalue weighted by atomic mass is 16.1. The maximum atomic E-state index is 12.6. The van der Waals surface area contributed by atoms with Crippen LogP contribution in [0.2, 0.25) is 0 Å². The average Bonchev–Trinajstić information content (AvgIpc) is 3.25. The SMILES string of the molecule is Cc1nn(CC(C)C)c(C)c1CC(=O)NCc1ccccc1Cn1cccn1. The quantitative estimate of drug-likeness (QED) is 0.653. The molecule has 0 aliphatic rings. The molecule has 3 rings (SSSR count). The van der Waals surface area contributed by atoms with E-state index < -0.39 is 0 Å². The topological polar surface area (TPSA) is 64.7 Å². The number of nitrogens with zero attached hydrogens (tertiary/aromatic N) is 4. The van der Waals surface area contributed by atoms with Gasteiger partial charge in [-0.3, -0.25) is 14.2 Å². The van der Waals surface area contributed by atoms with Crippen LogP contribution in [0.5, 0.6) is 0 Å². The monoisotopic (exact) mass is 379 g/mol. The van der Waals surface area contributed by atoms with Gasteiger partial charge in [0.25, 0.3) is 0 Å². The first-order chi connectivity index (χ1) is 13.4. The number of nitrogens with one attached hydrogen (secondary N) is 1. The number of aromatic nitrogens is 4. The van der Waals surface area contributed by atoms with E-state index in [-0.39, 0.29) is 5.91 Å². The van der Waals surface area contributed by atoms with Gasteiger partial charge in [-0.1, -0.05) is 38.1 Å². The second-order valence-corrected chi connectivity index (χ2v) is 7.65. The highest BCUT2D eigenvalue weighted by Crippen LogP contribution is 2.16. The summed E-state index contributed by atoms with van der Waals surface area (Å²) in [6.07, 6.45) is 4.07. The highest BCUT2D eigenvalue weighted by Gasteiger charge is 2.15. The van der Waals surface area contributed by atoms with Gasteiger partial charge in [-0.2, -0.15) is 10.2 Å². The van der Waals surface area contributed by atoms with Crippen LogP contribution < -0.4 is 5.32 Å². The molecule has 1 aromatic carbocycles. The largest absolute Gasteiger partial charge is 0.352 e. The zero-order valence-corrected chi connectivity index (χ0v) is 17.1. The minimum atomic E-state index is 0.0178. The van der Waals surface area contributed by atoms with Crippen molar-refractivity contribution in [2.75, 3.05) is 0 Å². The molecule has 0 bridgehead atoms.